The highest BCUT2D eigenvalue weighted by atomic mass is 19.1. The standard InChI is InChI=1S/C22H28F2N4O3/c1-3-4-11-7-27(8-12(11)6-25)20-10(2)19-16(18(26)17(20)24)21(29)13(22(30)31)9-28(19)15-5-14(15)23/h9,11-12,14-15H,3-8,25-26H2,1-2H3,(H,30,31)/t11-,12+,14-,15+/m0/s1. The highest BCUT2D eigenvalue weighted by Gasteiger charge is 2.41. The van der Waals surface area contributed by atoms with Crippen molar-refractivity contribution in [3.05, 3.63) is 33.4 Å². The Hall–Kier alpha value is -2.68. The predicted molar refractivity (Wildman–Crippen MR) is 116 cm³/mol. The molecule has 0 spiro atoms. The fourth-order valence-electron chi connectivity index (χ4n) is 5.09. The number of rotatable bonds is 6. The number of hydrogen-bond donors (Lipinski definition) is 3. The lowest BCUT2D eigenvalue weighted by Crippen LogP contribution is -2.27. The molecule has 168 valence electrons. The van der Waals surface area contributed by atoms with Crippen molar-refractivity contribution in [3.8, 4) is 0 Å². The molecule has 31 heavy (non-hydrogen) atoms. The number of carbonyl (C=O) groups is 1. The number of halogens is 2. The lowest BCUT2D eigenvalue weighted by molar-refractivity contribution is 0.0694. The Morgan fingerprint density at radius 2 is 1.97 bits per heavy atom. The van der Waals surface area contributed by atoms with Crippen molar-refractivity contribution < 1.29 is 18.7 Å². The number of carboxylic acid groups (broad SMARTS) is 1. The second kappa shape index (κ2) is 7.78. The summed E-state index contributed by atoms with van der Waals surface area (Å²) in [6.45, 7) is 5.44. The van der Waals surface area contributed by atoms with Crippen LogP contribution in [0.5, 0.6) is 0 Å². The van der Waals surface area contributed by atoms with Crippen LogP contribution in [0.2, 0.25) is 0 Å². The number of carboxylic acids is 1. The molecule has 5 N–H and O–H groups in total. The fraction of sp³-hybridized carbons (Fsp3) is 0.545. The third kappa shape index (κ3) is 3.35. The van der Waals surface area contributed by atoms with Crippen molar-refractivity contribution >= 4 is 28.2 Å². The van der Waals surface area contributed by atoms with Gasteiger partial charge in [-0.25, -0.2) is 13.6 Å². The number of hydrogen-bond acceptors (Lipinski definition) is 5. The van der Waals surface area contributed by atoms with E-state index in [-0.39, 0.29) is 23.4 Å². The molecule has 1 aromatic carbocycles. The van der Waals surface area contributed by atoms with Crippen molar-refractivity contribution in [2.24, 2.45) is 17.6 Å². The van der Waals surface area contributed by atoms with E-state index in [9.17, 15) is 19.1 Å². The van der Waals surface area contributed by atoms with Crippen LogP contribution >= 0.6 is 0 Å². The summed E-state index contributed by atoms with van der Waals surface area (Å²) in [5, 5.41) is 9.25. The molecule has 2 aromatic rings. The van der Waals surface area contributed by atoms with Gasteiger partial charge in [0.15, 0.2) is 5.82 Å². The largest absolute Gasteiger partial charge is 0.477 e. The fourth-order valence-corrected chi connectivity index (χ4v) is 5.09. The Morgan fingerprint density at radius 1 is 1.32 bits per heavy atom. The maximum atomic E-state index is 15.6. The normalized spacial score (nSPS) is 25.4. The molecule has 1 saturated heterocycles. The number of fused-ring (bicyclic) bond motifs is 1. The monoisotopic (exact) mass is 434 g/mol. The van der Waals surface area contributed by atoms with Crippen LogP contribution in [0.4, 0.5) is 20.2 Å². The van der Waals surface area contributed by atoms with Crippen LogP contribution in [0.15, 0.2) is 11.0 Å². The minimum absolute atomic E-state index is 0.197. The molecule has 4 atom stereocenters. The number of anilines is 2. The molecule has 2 fully saturated rings. The molecule has 1 aliphatic carbocycles. The second-order valence-corrected chi connectivity index (χ2v) is 8.78. The Morgan fingerprint density at radius 3 is 2.52 bits per heavy atom. The number of nitrogens with two attached hydrogens (primary N) is 2. The van der Waals surface area contributed by atoms with Crippen molar-refractivity contribution in [2.45, 2.75) is 45.3 Å². The molecule has 9 heteroatoms. The smallest absolute Gasteiger partial charge is 0.341 e. The molecule has 4 rings (SSSR count). The maximum absolute atomic E-state index is 15.6. The van der Waals surface area contributed by atoms with E-state index < -0.39 is 40.7 Å². The summed E-state index contributed by atoms with van der Waals surface area (Å²) in [5.41, 5.74) is 11.3. The topological polar surface area (TPSA) is 115 Å². The van der Waals surface area contributed by atoms with Crippen molar-refractivity contribution in [1.29, 1.82) is 0 Å². The minimum atomic E-state index is -1.45. The van der Waals surface area contributed by atoms with Gasteiger partial charge in [0.2, 0.25) is 5.43 Å². The van der Waals surface area contributed by atoms with E-state index in [1.54, 1.807) is 6.92 Å². The molecule has 2 aliphatic rings. The van der Waals surface area contributed by atoms with E-state index in [0.29, 0.717) is 36.6 Å². The van der Waals surface area contributed by atoms with Gasteiger partial charge in [-0.1, -0.05) is 13.3 Å². The lowest BCUT2D eigenvalue weighted by Gasteiger charge is -2.25. The van der Waals surface area contributed by atoms with Gasteiger partial charge in [-0.2, -0.15) is 0 Å². The number of aromatic carboxylic acids is 1. The Bertz CT molecular complexity index is 1120. The third-order valence-electron chi connectivity index (χ3n) is 6.78. The van der Waals surface area contributed by atoms with E-state index in [0.717, 1.165) is 19.0 Å². The van der Waals surface area contributed by atoms with E-state index in [1.807, 2.05) is 4.90 Å². The van der Waals surface area contributed by atoms with Crippen LogP contribution in [-0.2, 0) is 0 Å². The highest BCUT2D eigenvalue weighted by Crippen LogP contribution is 2.45. The zero-order chi connectivity index (χ0) is 22.6. The van der Waals surface area contributed by atoms with Gasteiger partial charge >= 0.3 is 5.97 Å². The van der Waals surface area contributed by atoms with Gasteiger partial charge in [0.25, 0.3) is 0 Å². The van der Waals surface area contributed by atoms with Gasteiger partial charge in [0.1, 0.15) is 11.7 Å². The number of aromatic nitrogens is 1. The van der Waals surface area contributed by atoms with Gasteiger partial charge in [-0.15, -0.1) is 0 Å². The predicted octanol–water partition coefficient (Wildman–Crippen LogP) is 2.82. The Balaban J connectivity index is 1.97. The first-order valence-corrected chi connectivity index (χ1v) is 10.7. The molecule has 0 unspecified atom stereocenters. The van der Waals surface area contributed by atoms with E-state index in [1.165, 1.54) is 4.57 Å². The van der Waals surface area contributed by atoms with Crippen LogP contribution in [-0.4, -0.2) is 41.4 Å². The summed E-state index contributed by atoms with van der Waals surface area (Å²) < 4.78 is 31.0. The molecular formula is C22H28F2N4O3. The van der Waals surface area contributed by atoms with Crippen molar-refractivity contribution in [3.63, 3.8) is 0 Å². The average molecular weight is 434 g/mol. The molecule has 7 nitrogen and oxygen atoms in total. The van der Waals surface area contributed by atoms with Crippen LogP contribution < -0.4 is 21.8 Å². The number of pyridine rings is 1. The van der Waals surface area contributed by atoms with Crippen LogP contribution in [0.1, 0.15) is 48.1 Å². The van der Waals surface area contributed by atoms with Crippen LogP contribution in [0.3, 0.4) is 0 Å². The average Bonchev–Trinajstić information content (AvgIpc) is 3.31. The van der Waals surface area contributed by atoms with Gasteiger partial charge in [-0.05, 0) is 37.3 Å². The Kier molecular flexibility index (Phi) is 5.41. The van der Waals surface area contributed by atoms with E-state index >= 15 is 4.39 Å². The highest BCUT2D eigenvalue weighted by molar-refractivity contribution is 6.01. The van der Waals surface area contributed by atoms with E-state index in [4.69, 9.17) is 11.5 Å². The number of aryl methyl sites for hydroxylation is 1. The molecule has 0 bridgehead atoms. The summed E-state index contributed by atoms with van der Waals surface area (Å²) >= 11 is 0. The lowest BCUT2D eigenvalue weighted by atomic mass is 9.92. The van der Waals surface area contributed by atoms with Gasteiger partial charge in [0, 0.05) is 25.7 Å². The number of nitrogens with zero attached hydrogens (tertiary/aromatic N) is 2. The number of benzene rings is 1. The number of alkyl halides is 1. The quantitative estimate of drug-likeness (QED) is 0.603. The van der Waals surface area contributed by atoms with Crippen molar-refractivity contribution in [1.82, 2.24) is 4.57 Å². The first kappa shape index (κ1) is 21.5. The summed E-state index contributed by atoms with van der Waals surface area (Å²) in [6.07, 6.45) is 2.19. The first-order chi connectivity index (χ1) is 14.7. The molecular weight excluding hydrogens is 406 g/mol. The molecule has 0 amide bonds. The Labute approximate surface area is 178 Å². The van der Waals surface area contributed by atoms with Crippen LogP contribution in [0, 0.1) is 24.6 Å². The summed E-state index contributed by atoms with van der Waals surface area (Å²) in [7, 11) is 0. The first-order valence-electron chi connectivity index (χ1n) is 10.7. The zero-order valence-corrected chi connectivity index (χ0v) is 17.7. The second-order valence-electron chi connectivity index (χ2n) is 8.78. The SMILES string of the molecule is CCC[C@H]1CN(c2c(F)c(N)c3c(=O)c(C(=O)O)cn([C@@H]4C[C@@H]4F)c3c2C)C[C@H]1CN. The maximum Gasteiger partial charge on any atom is 0.341 e. The molecule has 2 heterocycles. The molecule has 0 radical (unpaired) electrons. The number of nitrogen functional groups attached to an aromatic ring is 1. The molecule has 1 saturated carbocycles. The summed E-state index contributed by atoms with van der Waals surface area (Å²) in [4.78, 5) is 26.4. The van der Waals surface area contributed by atoms with Gasteiger partial charge in [0.05, 0.1) is 28.3 Å². The van der Waals surface area contributed by atoms with Gasteiger partial charge < -0.3 is 26.0 Å². The van der Waals surface area contributed by atoms with Gasteiger partial charge in [-0.3, -0.25) is 4.79 Å². The summed E-state index contributed by atoms with van der Waals surface area (Å²) in [5.74, 6) is -1.66. The molecule has 1 aromatic heterocycles. The third-order valence-corrected chi connectivity index (χ3v) is 6.78. The van der Waals surface area contributed by atoms with E-state index in [2.05, 4.69) is 6.92 Å². The summed E-state index contributed by atoms with van der Waals surface area (Å²) in [6, 6.07) is -0.596. The van der Waals surface area contributed by atoms with Crippen molar-refractivity contribution in [2.75, 3.05) is 30.3 Å². The minimum Gasteiger partial charge on any atom is -0.477 e. The molecule has 1 aliphatic heterocycles. The zero-order valence-electron chi connectivity index (χ0n) is 17.7. The van der Waals surface area contributed by atoms with Crippen LogP contribution in [0.25, 0.3) is 10.9 Å².